The van der Waals surface area contributed by atoms with E-state index in [2.05, 4.69) is 34.6 Å². The highest BCUT2D eigenvalue weighted by atomic mass is 127. The fourth-order valence-corrected chi connectivity index (χ4v) is 2.33. The van der Waals surface area contributed by atoms with Crippen LogP contribution in [-0.2, 0) is 13.0 Å². The normalized spacial score (nSPS) is 11.4. The van der Waals surface area contributed by atoms with Crippen molar-refractivity contribution in [1.82, 2.24) is 15.8 Å². The summed E-state index contributed by atoms with van der Waals surface area (Å²) in [5, 5.41) is 10.5. The van der Waals surface area contributed by atoms with Crippen molar-refractivity contribution < 1.29 is 8.91 Å². The molecule has 0 unspecified atom stereocenters. The van der Waals surface area contributed by atoms with Gasteiger partial charge in [-0.05, 0) is 42.5 Å². The first kappa shape index (κ1) is 21.4. The van der Waals surface area contributed by atoms with E-state index in [0.29, 0.717) is 25.0 Å². The lowest BCUT2D eigenvalue weighted by atomic mass is 10.1. The van der Waals surface area contributed by atoms with Crippen LogP contribution in [0.2, 0.25) is 0 Å². The summed E-state index contributed by atoms with van der Waals surface area (Å²) in [6.45, 7) is 7.30. The van der Waals surface area contributed by atoms with Crippen LogP contribution < -0.4 is 10.6 Å². The number of hydrogen-bond donors (Lipinski definition) is 2. The van der Waals surface area contributed by atoms with Crippen LogP contribution in [-0.4, -0.2) is 24.7 Å². The van der Waals surface area contributed by atoms with Gasteiger partial charge >= 0.3 is 0 Å². The molecule has 1 heterocycles. The number of halogens is 2. The van der Waals surface area contributed by atoms with Crippen LogP contribution in [0.4, 0.5) is 4.39 Å². The van der Waals surface area contributed by atoms with E-state index in [0.717, 1.165) is 29.0 Å². The summed E-state index contributed by atoms with van der Waals surface area (Å²) in [5.41, 5.74) is 3.03. The van der Waals surface area contributed by atoms with Gasteiger partial charge in [-0.2, -0.15) is 0 Å². The van der Waals surface area contributed by atoms with E-state index < -0.39 is 0 Å². The van der Waals surface area contributed by atoms with E-state index in [4.69, 9.17) is 4.52 Å². The fourth-order valence-electron chi connectivity index (χ4n) is 2.33. The number of rotatable bonds is 6. The first-order valence-electron chi connectivity index (χ1n) is 8.14. The maximum atomic E-state index is 13.1. The van der Waals surface area contributed by atoms with E-state index in [9.17, 15) is 4.39 Å². The van der Waals surface area contributed by atoms with Gasteiger partial charge in [0.2, 0.25) is 0 Å². The van der Waals surface area contributed by atoms with E-state index in [1.807, 2.05) is 19.1 Å². The number of guanidine groups is 1. The Kier molecular flexibility index (Phi) is 8.88. The molecule has 0 amide bonds. The molecule has 0 bridgehead atoms. The molecule has 0 atom stereocenters. The van der Waals surface area contributed by atoms with Gasteiger partial charge in [-0.15, -0.1) is 24.0 Å². The average molecular weight is 460 g/mol. The SMILES string of the molecule is CN=C(NCCc1ccc(F)cc1C)NCc1cc(C(C)C)no1.I. The smallest absolute Gasteiger partial charge is 0.191 e. The third-order valence-corrected chi connectivity index (χ3v) is 3.81. The van der Waals surface area contributed by atoms with Crippen molar-refractivity contribution >= 4 is 29.9 Å². The second-order valence-corrected chi connectivity index (χ2v) is 6.05. The lowest BCUT2D eigenvalue weighted by Crippen LogP contribution is -2.37. The van der Waals surface area contributed by atoms with Crippen molar-refractivity contribution in [3.8, 4) is 0 Å². The van der Waals surface area contributed by atoms with Crippen LogP contribution in [0.25, 0.3) is 0 Å². The maximum absolute atomic E-state index is 13.1. The van der Waals surface area contributed by atoms with E-state index in [1.54, 1.807) is 13.1 Å². The van der Waals surface area contributed by atoms with Crippen molar-refractivity contribution in [1.29, 1.82) is 0 Å². The fraction of sp³-hybridized carbons (Fsp3) is 0.444. The van der Waals surface area contributed by atoms with Crippen molar-refractivity contribution in [3.05, 3.63) is 52.7 Å². The van der Waals surface area contributed by atoms with Crippen LogP contribution in [0.3, 0.4) is 0 Å². The summed E-state index contributed by atoms with van der Waals surface area (Å²) in [4.78, 5) is 4.19. The predicted molar refractivity (Wildman–Crippen MR) is 109 cm³/mol. The van der Waals surface area contributed by atoms with Crippen molar-refractivity contribution in [2.45, 2.75) is 39.7 Å². The molecule has 1 aromatic carbocycles. The predicted octanol–water partition coefficient (Wildman–Crippen LogP) is 3.77. The first-order chi connectivity index (χ1) is 11.5. The monoisotopic (exact) mass is 460 g/mol. The number of hydrogen-bond acceptors (Lipinski definition) is 3. The summed E-state index contributed by atoms with van der Waals surface area (Å²) in [5.74, 6) is 1.61. The summed E-state index contributed by atoms with van der Waals surface area (Å²) < 4.78 is 18.4. The molecule has 0 saturated carbocycles. The Hall–Kier alpha value is -1.64. The van der Waals surface area contributed by atoms with Gasteiger partial charge in [-0.1, -0.05) is 25.1 Å². The Morgan fingerprint density at radius 2 is 2.04 bits per heavy atom. The quantitative estimate of drug-likeness (QED) is 0.392. The van der Waals surface area contributed by atoms with Crippen LogP contribution in [0.5, 0.6) is 0 Å². The number of aliphatic imine (C=N–C) groups is 1. The van der Waals surface area contributed by atoms with Gasteiger partial charge in [0.05, 0.1) is 12.2 Å². The molecule has 0 fully saturated rings. The third-order valence-electron chi connectivity index (χ3n) is 3.81. The number of nitrogens with zero attached hydrogens (tertiary/aromatic N) is 2. The highest BCUT2D eigenvalue weighted by Gasteiger charge is 2.08. The minimum Gasteiger partial charge on any atom is -0.359 e. The van der Waals surface area contributed by atoms with E-state index >= 15 is 0 Å². The van der Waals surface area contributed by atoms with Gasteiger partial charge in [0.1, 0.15) is 5.82 Å². The van der Waals surface area contributed by atoms with Crippen molar-refractivity contribution in [3.63, 3.8) is 0 Å². The molecule has 25 heavy (non-hydrogen) atoms. The Bertz CT molecular complexity index is 700. The number of benzene rings is 1. The molecule has 2 N–H and O–H groups in total. The third kappa shape index (κ3) is 6.64. The van der Waals surface area contributed by atoms with Crippen LogP contribution >= 0.6 is 24.0 Å². The number of nitrogens with one attached hydrogen (secondary N) is 2. The van der Waals surface area contributed by atoms with Gasteiger partial charge < -0.3 is 15.2 Å². The van der Waals surface area contributed by atoms with Gasteiger partial charge in [-0.3, -0.25) is 4.99 Å². The minimum absolute atomic E-state index is 0. The molecular weight excluding hydrogens is 434 g/mol. The second-order valence-electron chi connectivity index (χ2n) is 6.05. The molecule has 0 aliphatic heterocycles. The van der Waals surface area contributed by atoms with Crippen LogP contribution in [0.1, 0.15) is 42.3 Å². The molecule has 0 aliphatic rings. The standard InChI is InChI=1S/C18H25FN4O.HI/c1-12(2)17-10-16(24-23-17)11-22-18(20-4)21-8-7-14-5-6-15(19)9-13(14)3;/h5-6,9-10,12H,7-8,11H2,1-4H3,(H2,20,21,22);1H. The molecule has 2 rings (SSSR count). The molecule has 1 aromatic heterocycles. The van der Waals surface area contributed by atoms with E-state index in [1.165, 1.54) is 6.07 Å². The highest BCUT2D eigenvalue weighted by Crippen LogP contribution is 2.13. The summed E-state index contributed by atoms with van der Waals surface area (Å²) >= 11 is 0. The Labute approximate surface area is 165 Å². The average Bonchev–Trinajstić information content (AvgIpc) is 3.01. The molecule has 7 heteroatoms. The molecule has 0 saturated heterocycles. The second kappa shape index (κ2) is 10.4. The lowest BCUT2D eigenvalue weighted by Gasteiger charge is -2.11. The Balaban J connectivity index is 0.00000312. The molecule has 0 aliphatic carbocycles. The Morgan fingerprint density at radius 3 is 2.64 bits per heavy atom. The Morgan fingerprint density at radius 1 is 1.28 bits per heavy atom. The van der Waals surface area contributed by atoms with Gasteiger partial charge in [-0.25, -0.2) is 4.39 Å². The summed E-state index contributed by atoms with van der Waals surface area (Å²) in [6.07, 6.45) is 0.798. The minimum atomic E-state index is -0.200. The van der Waals surface area contributed by atoms with Crippen LogP contribution in [0.15, 0.2) is 33.8 Å². The zero-order chi connectivity index (χ0) is 17.5. The largest absolute Gasteiger partial charge is 0.359 e. The maximum Gasteiger partial charge on any atom is 0.191 e. The zero-order valence-corrected chi connectivity index (χ0v) is 17.4. The highest BCUT2D eigenvalue weighted by molar-refractivity contribution is 14.0. The van der Waals surface area contributed by atoms with Gasteiger partial charge in [0, 0.05) is 19.7 Å². The van der Waals surface area contributed by atoms with E-state index in [-0.39, 0.29) is 29.8 Å². The zero-order valence-electron chi connectivity index (χ0n) is 15.1. The first-order valence-corrected chi connectivity index (χ1v) is 8.14. The molecule has 2 aromatic rings. The molecule has 5 nitrogen and oxygen atoms in total. The van der Waals surface area contributed by atoms with Crippen molar-refractivity contribution in [2.24, 2.45) is 4.99 Å². The number of aryl methyl sites for hydroxylation is 1. The molecule has 0 radical (unpaired) electrons. The molecule has 138 valence electrons. The summed E-state index contributed by atoms with van der Waals surface area (Å²) in [7, 11) is 1.72. The van der Waals surface area contributed by atoms with Crippen molar-refractivity contribution in [2.75, 3.05) is 13.6 Å². The topological polar surface area (TPSA) is 62.5 Å². The summed E-state index contributed by atoms with van der Waals surface area (Å²) in [6, 6.07) is 6.82. The van der Waals surface area contributed by atoms with Gasteiger partial charge in [0.15, 0.2) is 11.7 Å². The number of aromatic nitrogens is 1. The van der Waals surface area contributed by atoms with Gasteiger partial charge in [0.25, 0.3) is 0 Å². The van der Waals surface area contributed by atoms with Crippen LogP contribution in [0, 0.1) is 12.7 Å². The molecular formula is C18H26FIN4O. The molecule has 0 spiro atoms. The lowest BCUT2D eigenvalue weighted by molar-refractivity contribution is 0.372.